The van der Waals surface area contributed by atoms with E-state index in [1.165, 1.54) is 6.92 Å². The van der Waals surface area contributed by atoms with Gasteiger partial charge in [-0.2, -0.15) is 0 Å². The molecular weight excluding hydrogens is 570 g/mol. The van der Waals surface area contributed by atoms with Crippen molar-refractivity contribution in [3.8, 4) is 0 Å². The molecule has 0 radical (unpaired) electrons. The number of carboxylic acids is 1. The lowest BCUT2D eigenvalue weighted by molar-refractivity contribution is -0.151. The van der Waals surface area contributed by atoms with Crippen LogP contribution in [-0.2, 0) is 46.3 Å². The molecule has 0 bridgehead atoms. The summed E-state index contributed by atoms with van der Waals surface area (Å²) in [6.45, 7) is 4.23. The minimum atomic E-state index is -1.42. The molecule has 0 aromatic heterocycles. The Balaban J connectivity index is 1.50. The number of benzene rings is 2. The zero-order chi connectivity index (χ0) is 32.2. The van der Waals surface area contributed by atoms with Gasteiger partial charge in [-0.05, 0) is 36.8 Å². The predicted molar refractivity (Wildman–Crippen MR) is 158 cm³/mol. The summed E-state index contributed by atoms with van der Waals surface area (Å²) in [5.41, 5.74) is 4.19. The lowest BCUT2D eigenvalue weighted by atomic mass is 10.0. The highest BCUT2D eigenvalue weighted by atomic mass is 16.6. The fraction of sp³-hybridized carbons (Fsp3) is 0.419. The second-order valence-corrected chi connectivity index (χ2v) is 10.8. The molecule has 236 valence electrons. The van der Waals surface area contributed by atoms with Gasteiger partial charge in [0.1, 0.15) is 18.6 Å². The third-order valence-electron chi connectivity index (χ3n) is 6.85. The van der Waals surface area contributed by atoms with E-state index < -0.39 is 60.4 Å². The third kappa shape index (κ3) is 10.5. The Bertz CT molecular complexity index is 1320. The number of rotatable bonds is 15. The molecule has 2 aromatic carbocycles. The number of nitrogens with zero attached hydrogens (tertiary/aromatic N) is 1. The van der Waals surface area contributed by atoms with Crippen molar-refractivity contribution in [2.75, 3.05) is 13.1 Å². The first kappa shape index (κ1) is 33.7. The summed E-state index contributed by atoms with van der Waals surface area (Å²) in [5.74, 6) is -5.02. The molecule has 44 heavy (non-hydrogen) atoms. The molecule has 0 saturated carbocycles. The molecule has 1 aliphatic rings. The van der Waals surface area contributed by atoms with Gasteiger partial charge in [0.2, 0.25) is 11.8 Å². The zero-order valence-corrected chi connectivity index (χ0v) is 24.9. The second-order valence-electron chi connectivity index (χ2n) is 10.8. The fourth-order valence-corrected chi connectivity index (χ4v) is 4.32. The van der Waals surface area contributed by atoms with E-state index in [2.05, 4.69) is 21.4 Å². The van der Waals surface area contributed by atoms with Crippen molar-refractivity contribution in [1.82, 2.24) is 26.4 Å². The minimum absolute atomic E-state index is 0.165. The Labute approximate surface area is 255 Å². The molecular formula is C31H39N5O8. The van der Waals surface area contributed by atoms with Gasteiger partial charge in [0.25, 0.3) is 17.7 Å². The molecule has 2 aromatic rings. The Hall–Kier alpha value is -4.78. The zero-order valence-electron chi connectivity index (χ0n) is 24.9. The second kappa shape index (κ2) is 16.2. The molecule has 0 spiro atoms. The van der Waals surface area contributed by atoms with Crippen molar-refractivity contribution < 1.29 is 38.6 Å². The van der Waals surface area contributed by atoms with Crippen molar-refractivity contribution in [3.05, 3.63) is 71.8 Å². The number of ether oxygens (including phenoxy) is 1. The number of carbonyl (C=O) groups excluding carboxylic acids is 5. The van der Waals surface area contributed by atoms with Crippen molar-refractivity contribution in [2.24, 2.45) is 5.92 Å². The highest BCUT2D eigenvalue weighted by Gasteiger charge is 2.52. The molecule has 4 atom stereocenters. The van der Waals surface area contributed by atoms with E-state index in [1.54, 1.807) is 13.8 Å². The van der Waals surface area contributed by atoms with Crippen LogP contribution in [0.5, 0.6) is 0 Å². The van der Waals surface area contributed by atoms with Gasteiger partial charge >= 0.3 is 5.97 Å². The Kier molecular flexibility index (Phi) is 12.4. The van der Waals surface area contributed by atoms with Gasteiger partial charge in [0.15, 0.2) is 12.2 Å². The van der Waals surface area contributed by atoms with E-state index in [4.69, 9.17) is 4.74 Å². The number of carbonyl (C=O) groups is 6. The van der Waals surface area contributed by atoms with Crippen molar-refractivity contribution in [1.29, 1.82) is 0 Å². The summed E-state index contributed by atoms with van der Waals surface area (Å²) < 4.78 is 5.20. The van der Waals surface area contributed by atoms with Crippen LogP contribution in [0.15, 0.2) is 60.7 Å². The van der Waals surface area contributed by atoms with Gasteiger partial charge in [0.05, 0.1) is 0 Å². The van der Waals surface area contributed by atoms with Gasteiger partial charge < -0.3 is 25.8 Å². The first-order valence-corrected chi connectivity index (χ1v) is 14.4. The summed E-state index contributed by atoms with van der Waals surface area (Å²) in [7, 11) is 0. The van der Waals surface area contributed by atoms with Gasteiger partial charge in [-0.25, -0.2) is 5.01 Å². The summed E-state index contributed by atoms with van der Waals surface area (Å²) in [4.78, 5) is 75.1. The van der Waals surface area contributed by atoms with Crippen LogP contribution >= 0.6 is 0 Å². The largest absolute Gasteiger partial charge is 0.480 e. The number of amides is 5. The Morgan fingerprint density at radius 1 is 0.818 bits per heavy atom. The number of carboxylic acid groups (broad SMARTS) is 1. The number of hydrazine groups is 1. The molecule has 1 aliphatic heterocycles. The van der Waals surface area contributed by atoms with Gasteiger partial charge in [-0.1, -0.05) is 74.5 Å². The van der Waals surface area contributed by atoms with Crippen LogP contribution in [0.25, 0.3) is 0 Å². The van der Waals surface area contributed by atoms with Gasteiger partial charge in [-0.3, -0.25) is 34.2 Å². The molecule has 5 N–H and O–H groups in total. The monoisotopic (exact) mass is 609 g/mol. The van der Waals surface area contributed by atoms with E-state index in [9.17, 15) is 33.9 Å². The molecule has 1 heterocycles. The van der Waals surface area contributed by atoms with Crippen LogP contribution in [0.3, 0.4) is 0 Å². The topological polar surface area (TPSA) is 187 Å². The standard InChI is InChI=1S/C31H39N5O8/c1-19(2)25(34-23(37)15-14-21-10-6-4-7-11-21)29(41)33-20(3)28(40)35-36(18-24(38)39)31(43)27-26(44-27)30(42)32-17-16-22-12-8-5-9-13-22/h4-13,19-20,25-27H,14-18H2,1-3H3,(H,32,42)(H,33,41)(H,34,37)(H,35,40)(H,38,39)/t20-,25-,26+,27+/m0/s1. The number of aryl methyl sites for hydroxylation is 1. The quantitative estimate of drug-likeness (QED) is 0.141. The summed E-state index contributed by atoms with van der Waals surface area (Å²) in [6, 6.07) is 16.7. The highest BCUT2D eigenvalue weighted by Crippen LogP contribution is 2.24. The van der Waals surface area contributed by atoms with Gasteiger partial charge in [0, 0.05) is 13.0 Å². The molecule has 5 amide bonds. The maximum atomic E-state index is 13.0. The molecule has 13 heteroatoms. The van der Waals surface area contributed by atoms with Crippen molar-refractivity contribution in [2.45, 2.75) is 64.3 Å². The van der Waals surface area contributed by atoms with Crippen LogP contribution in [0, 0.1) is 5.92 Å². The van der Waals surface area contributed by atoms with E-state index in [0.29, 0.717) is 24.4 Å². The van der Waals surface area contributed by atoms with Crippen LogP contribution in [0.4, 0.5) is 0 Å². The maximum absolute atomic E-state index is 13.0. The molecule has 1 fully saturated rings. The van der Waals surface area contributed by atoms with Crippen LogP contribution in [0.1, 0.15) is 38.3 Å². The van der Waals surface area contributed by atoms with Crippen LogP contribution in [0.2, 0.25) is 0 Å². The number of hydrogen-bond acceptors (Lipinski definition) is 7. The normalized spacial score (nSPS) is 16.6. The summed E-state index contributed by atoms with van der Waals surface area (Å²) in [5, 5.41) is 17.7. The minimum Gasteiger partial charge on any atom is -0.480 e. The predicted octanol–water partition coefficient (Wildman–Crippen LogP) is 0.335. The third-order valence-corrected chi connectivity index (χ3v) is 6.85. The maximum Gasteiger partial charge on any atom is 0.325 e. The number of epoxide rings is 1. The molecule has 0 aliphatic carbocycles. The lowest BCUT2D eigenvalue weighted by Crippen LogP contribution is -2.58. The van der Waals surface area contributed by atoms with Crippen LogP contribution in [-0.4, -0.2) is 83.0 Å². The molecule has 3 rings (SSSR count). The summed E-state index contributed by atoms with van der Waals surface area (Å²) >= 11 is 0. The van der Waals surface area contributed by atoms with Crippen LogP contribution < -0.4 is 21.4 Å². The lowest BCUT2D eigenvalue weighted by Gasteiger charge is -2.26. The first-order valence-electron chi connectivity index (χ1n) is 14.4. The van der Waals surface area contributed by atoms with Crippen molar-refractivity contribution in [3.63, 3.8) is 0 Å². The smallest absolute Gasteiger partial charge is 0.325 e. The number of nitrogens with one attached hydrogen (secondary N) is 4. The SMILES string of the molecule is CC(C)[C@H](NC(=O)CCc1ccccc1)C(=O)N[C@@H](C)C(=O)NN(CC(=O)O)C(=O)[C@@H]1O[C@H]1C(=O)NCCc1ccccc1. The Morgan fingerprint density at radius 3 is 1.98 bits per heavy atom. The van der Waals surface area contributed by atoms with Gasteiger partial charge in [-0.15, -0.1) is 0 Å². The fourth-order valence-electron chi connectivity index (χ4n) is 4.32. The Morgan fingerprint density at radius 2 is 1.41 bits per heavy atom. The molecule has 13 nitrogen and oxygen atoms in total. The van der Waals surface area contributed by atoms with E-state index in [1.807, 2.05) is 60.7 Å². The highest BCUT2D eigenvalue weighted by molar-refractivity contribution is 5.97. The summed E-state index contributed by atoms with van der Waals surface area (Å²) in [6.07, 6.45) is -1.17. The van der Waals surface area contributed by atoms with Crippen molar-refractivity contribution >= 4 is 35.5 Å². The number of aliphatic carboxylic acids is 1. The van der Waals surface area contributed by atoms with E-state index in [0.717, 1.165) is 11.1 Å². The molecule has 0 unspecified atom stereocenters. The van der Waals surface area contributed by atoms with E-state index >= 15 is 0 Å². The average Bonchev–Trinajstić information content (AvgIpc) is 3.80. The number of hydrogen-bond donors (Lipinski definition) is 5. The first-order chi connectivity index (χ1) is 21.0. The molecule has 1 saturated heterocycles. The average molecular weight is 610 g/mol. The van der Waals surface area contributed by atoms with E-state index in [-0.39, 0.29) is 18.2 Å².